The van der Waals surface area contributed by atoms with Gasteiger partial charge in [-0.05, 0) is 89.2 Å². The molecular formula is C37H30F2IrNO2-. The van der Waals surface area contributed by atoms with Crippen LogP contribution in [0.2, 0.25) is 0 Å². The molecule has 0 unspecified atom stereocenters. The van der Waals surface area contributed by atoms with Crippen LogP contribution in [0.15, 0.2) is 103 Å². The average Bonchev–Trinajstić information content (AvgIpc) is 2.95. The van der Waals surface area contributed by atoms with E-state index in [0.717, 1.165) is 21.5 Å². The second-order valence-electron chi connectivity index (χ2n) is 10.4. The van der Waals surface area contributed by atoms with E-state index < -0.39 is 6.43 Å². The van der Waals surface area contributed by atoms with E-state index >= 15 is 0 Å². The number of carbonyl (C=O) groups is 1. The number of carbonyl (C=O) groups excluding carboxylic acids is 1. The van der Waals surface area contributed by atoms with Crippen molar-refractivity contribution in [1.29, 1.82) is 0 Å². The van der Waals surface area contributed by atoms with E-state index in [4.69, 9.17) is 5.11 Å². The molecule has 3 nitrogen and oxygen atoms in total. The number of halogens is 2. The summed E-state index contributed by atoms with van der Waals surface area (Å²) in [6.45, 7) is 7.12. The van der Waals surface area contributed by atoms with Crippen molar-refractivity contribution in [3.05, 3.63) is 126 Å². The number of aromatic nitrogens is 1. The van der Waals surface area contributed by atoms with Gasteiger partial charge in [-0.25, -0.2) is 8.78 Å². The average molecular weight is 751 g/mol. The molecule has 0 spiro atoms. The molecule has 43 heavy (non-hydrogen) atoms. The summed E-state index contributed by atoms with van der Waals surface area (Å²) >= 11 is 0. The number of fused-ring (bicyclic) bond motifs is 4. The van der Waals surface area contributed by atoms with Gasteiger partial charge in [0.15, 0.2) is 5.78 Å². The van der Waals surface area contributed by atoms with E-state index in [1.54, 1.807) is 18.3 Å². The number of aryl methyl sites for hydroxylation is 2. The standard InChI is InChI=1S/C32H22F2N.C5H8O2.Ir/c1-19-6-5-7-20(2)30(19)23-11-12-26-22(16-23)10-13-28-27(26)14-15-35-31(28)24-17-21-8-3-4-9-25(21)29(18-24)32(33)34;1-4(6)3-5(2)7;/h3-16,18,32H,1-2H3;3,6H,1-2H3;/q-1;;/b;4-3-;. The monoisotopic (exact) mass is 751 g/mol. The maximum Gasteiger partial charge on any atom is 0.251 e. The van der Waals surface area contributed by atoms with Crippen molar-refractivity contribution in [1.82, 2.24) is 4.98 Å². The second-order valence-corrected chi connectivity index (χ2v) is 10.4. The first kappa shape index (κ1) is 31.7. The van der Waals surface area contributed by atoms with E-state index in [1.165, 1.54) is 48.2 Å². The summed E-state index contributed by atoms with van der Waals surface area (Å²) in [6.07, 6.45) is 0.342. The minimum atomic E-state index is -2.58. The normalized spacial score (nSPS) is 11.4. The summed E-state index contributed by atoms with van der Waals surface area (Å²) in [4.78, 5) is 14.6. The van der Waals surface area contributed by atoms with E-state index in [9.17, 15) is 13.6 Å². The molecule has 0 aliphatic heterocycles. The van der Waals surface area contributed by atoms with Crippen LogP contribution in [0, 0.1) is 19.9 Å². The summed E-state index contributed by atoms with van der Waals surface area (Å²) in [5.41, 5.74) is 6.19. The van der Waals surface area contributed by atoms with E-state index in [-0.39, 0.29) is 37.2 Å². The molecule has 0 bridgehead atoms. The van der Waals surface area contributed by atoms with Gasteiger partial charge in [0, 0.05) is 38.1 Å². The van der Waals surface area contributed by atoms with E-state index in [0.29, 0.717) is 22.0 Å². The van der Waals surface area contributed by atoms with Crippen molar-refractivity contribution in [2.75, 3.05) is 0 Å². The number of ketones is 1. The fourth-order valence-electron chi connectivity index (χ4n) is 5.50. The van der Waals surface area contributed by atoms with Gasteiger partial charge >= 0.3 is 0 Å². The predicted molar refractivity (Wildman–Crippen MR) is 168 cm³/mol. The third-order valence-electron chi connectivity index (χ3n) is 7.24. The van der Waals surface area contributed by atoms with Gasteiger partial charge < -0.3 is 5.11 Å². The van der Waals surface area contributed by atoms with Crippen LogP contribution in [0.1, 0.15) is 37.0 Å². The zero-order chi connectivity index (χ0) is 30.0. The molecule has 0 saturated carbocycles. The predicted octanol–water partition coefficient (Wildman–Crippen LogP) is 10.3. The number of alkyl halides is 2. The number of pyridine rings is 1. The van der Waals surface area contributed by atoms with Gasteiger partial charge in [0.2, 0.25) is 0 Å². The number of hydrogen-bond acceptors (Lipinski definition) is 3. The molecule has 1 aromatic heterocycles. The van der Waals surface area contributed by atoms with Gasteiger partial charge in [0.05, 0.1) is 5.76 Å². The summed E-state index contributed by atoms with van der Waals surface area (Å²) in [7, 11) is 0. The Morgan fingerprint density at radius 1 is 0.837 bits per heavy atom. The Labute approximate surface area is 263 Å². The SMILES string of the molecule is CC(=O)/C=C(/C)O.Cc1cccc(C)c1-c1ccc2c(ccc3c(-c4[c-]c5ccccc5c(C(F)F)c4)nccc32)c1.[Ir]. The van der Waals surface area contributed by atoms with Gasteiger partial charge in [-0.15, -0.1) is 23.6 Å². The maximum absolute atomic E-state index is 13.9. The Morgan fingerprint density at radius 3 is 2.19 bits per heavy atom. The van der Waals surface area contributed by atoms with Crippen LogP contribution in [-0.2, 0) is 24.9 Å². The maximum atomic E-state index is 13.9. The van der Waals surface area contributed by atoms with Crippen molar-refractivity contribution in [3.8, 4) is 22.4 Å². The Bertz CT molecular complexity index is 1980. The summed E-state index contributed by atoms with van der Waals surface area (Å²) < 4.78 is 27.8. The number of aliphatic hydroxyl groups is 1. The number of aliphatic hydroxyl groups excluding tert-OH is 1. The number of benzene rings is 5. The zero-order valence-electron chi connectivity index (χ0n) is 24.2. The number of rotatable bonds is 4. The van der Waals surface area contributed by atoms with Gasteiger partial charge in [-0.1, -0.05) is 71.6 Å². The first-order chi connectivity index (χ1) is 20.1. The molecule has 5 aromatic carbocycles. The molecule has 1 heterocycles. The van der Waals surface area contributed by atoms with Crippen LogP contribution >= 0.6 is 0 Å². The van der Waals surface area contributed by atoms with Crippen molar-refractivity contribution < 1.29 is 38.8 Å². The first-order valence-corrected chi connectivity index (χ1v) is 13.6. The molecule has 0 saturated heterocycles. The second kappa shape index (κ2) is 13.4. The van der Waals surface area contributed by atoms with Crippen LogP contribution in [0.3, 0.4) is 0 Å². The van der Waals surface area contributed by atoms with Crippen LogP contribution in [0.5, 0.6) is 0 Å². The zero-order valence-corrected chi connectivity index (χ0v) is 26.6. The fourth-order valence-corrected chi connectivity index (χ4v) is 5.50. The number of nitrogens with zero attached hydrogens (tertiary/aromatic N) is 1. The van der Waals surface area contributed by atoms with Crippen LogP contribution < -0.4 is 0 Å². The molecule has 6 heteroatoms. The number of hydrogen-bond donors (Lipinski definition) is 1. The largest absolute Gasteiger partial charge is 0.512 e. The molecule has 1 radical (unpaired) electrons. The molecule has 6 aromatic rings. The Balaban J connectivity index is 0.000000475. The van der Waals surface area contributed by atoms with Gasteiger partial charge in [0.1, 0.15) is 0 Å². The minimum Gasteiger partial charge on any atom is -0.512 e. The Morgan fingerprint density at radius 2 is 1.53 bits per heavy atom. The minimum absolute atomic E-state index is 0. The molecule has 6 rings (SSSR count). The molecule has 0 fully saturated rings. The molecule has 1 N–H and O–H groups in total. The van der Waals surface area contributed by atoms with Crippen LogP contribution in [0.4, 0.5) is 8.78 Å². The first-order valence-electron chi connectivity index (χ1n) is 13.6. The molecular weight excluding hydrogens is 721 g/mol. The van der Waals surface area contributed by atoms with Gasteiger partial charge in [-0.3, -0.25) is 9.78 Å². The number of allylic oxidation sites excluding steroid dienone is 2. The Kier molecular flexibility index (Phi) is 9.85. The third kappa shape index (κ3) is 6.72. The van der Waals surface area contributed by atoms with Crippen molar-refractivity contribution >= 4 is 38.1 Å². The van der Waals surface area contributed by atoms with Crippen molar-refractivity contribution in [2.45, 2.75) is 34.1 Å². The van der Waals surface area contributed by atoms with Crippen LogP contribution in [-0.4, -0.2) is 15.9 Å². The smallest absolute Gasteiger partial charge is 0.251 e. The molecule has 0 atom stereocenters. The van der Waals surface area contributed by atoms with Crippen molar-refractivity contribution in [3.63, 3.8) is 0 Å². The molecule has 0 aliphatic carbocycles. The van der Waals surface area contributed by atoms with Crippen molar-refractivity contribution in [2.24, 2.45) is 0 Å². The van der Waals surface area contributed by atoms with E-state index in [2.05, 4.69) is 67.4 Å². The van der Waals surface area contributed by atoms with Gasteiger partial charge in [-0.2, -0.15) is 0 Å². The summed E-state index contributed by atoms with van der Waals surface area (Å²) in [6, 6.07) is 31.0. The molecule has 219 valence electrons. The third-order valence-corrected chi connectivity index (χ3v) is 7.24. The van der Waals surface area contributed by atoms with E-state index in [1.807, 2.05) is 24.3 Å². The molecule has 0 aliphatic rings. The fraction of sp³-hybridized carbons (Fsp3) is 0.135. The summed E-state index contributed by atoms with van der Waals surface area (Å²) in [5, 5.41) is 13.8. The van der Waals surface area contributed by atoms with Crippen LogP contribution in [0.25, 0.3) is 54.7 Å². The van der Waals surface area contributed by atoms with Gasteiger partial charge in [0.25, 0.3) is 6.43 Å². The Hall–Kier alpha value is -4.25. The molecule has 0 amide bonds. The topological polar surface area (TPSA) is 50.2 Å². The quantitative estimate of drug-likeness (QED) is 0.0845. The summed E-state index contributed by atoms with van der Waals surface area (Å²) in [5.74, 6) is -0.0625.